The Balaban J connectivity index is 0. The van der Waals surface area contributed by atoms with Crippen molar-refractivity contribution < 1.29 is 25.0 Å². The molecule has 0 saturated heterocycles. The van der Waals surface area contributed by atoms with E-state index < -0.39 is 0 Å². The smallest absolute Gasteiger partial charge is 2.00 e. The standard InChI is InChI=1S/Al.O.S.Zn/q+3;2*-2;+2. The summed E-state index contributed by atoms with van der Waals surface area (Å²) >= 11 is 0. The Morgan fingerprint density at radius 2 is 1.00 bits per heavy atom. The van der Waals surface area contributed by atoms with Crippen LogP contribution in [0.4, 0.5) is 0 Å². The van der Waals surface area contributed by atoms with Crippen LogP contribution >= 0.6 is 0 Å². The zero-order valence-corrected chi connectivity index (χ0v) is 7.04. The molecule has 0 bridgehead atoms. The molecule has 1 nitrogen and oxygen atoms in total. The molecule has 0 aromatic heterocycles. The second-order valence-corrected chi connectivity index (χ2v) is 0. The maximum Gasteiger partial charge on any atom is 3.00 e. The van der Waals surface area contributed by atoms with E-state index in [1.54, 1.807) is 0 Å². The quantitative estimate of drug-likeness (QED) is 0.406. The van der Waals surface area contributed by atoms with Crippen LogP contribution in [0.25, 0.3) is 0 Å². The third kappa shape index (κ3) is 9.81. The van der Waals surface area contributed by atoms with Gasteiger partial charge in [-0.3, -0.25) is 0 Å². The van der Waals surface area contributed by atoms with Gasteiger partial charge in [-0.1, -0.05) is 0 Å². The van der Waals surface area contributed by atoms with Crippen LogP contribution in [0.1, 0.15) is 0 Å². The van der Waals surface area contributed by atoms with Gasteiger partial charge in [-0.05, 0) is 0 Å². The van der Waals surface area contributed by atoms with E-state index in [2.05, 4.69) is 0 Å². The van der Waals surface area contributed by atoms with Crippen LogP contribution in [0, 0.1) is 0 Å². The summed E-state index contributed by atoms with van der Waals surface area (Å²) in [6.07, 6.45) is 0. The molecule has 0 saturated carbocycles. The Morgan fingerprint density at radius 1 is 1.00 bits per heavy atom. The van der Waals surface area contributed by atoms with Crippen LogP contribution < -0.4 is 0 Å². The van der Waals surface area contributed by atoms with E-state index in [-0.39, 0.29) is 55.8 Å². The molecule has 0 spiro atoms. The normalized spacial score (nSPS) is 0. The maximum atomic E-state index is 0. The fourth-order valence-electron chi connectivity index (χ4n) is 0. The molecule has 0 fully saturated rings. The minimum atomic E-state index is 0. The van der Waals surface area contributed by atoms with Crippen LogP contribution in [0.5, 0.6) is 0 Å². The summed E-state index contributed by atoms with van der Waals surface area (Å²) in [5, 5.41) is 0. The van der Waals surface area contributed by atoms with Crippen LogP contribution in [0.2, 0.25) is 0 Å². The summed E-state index contributed by atoms with van der Waals surface area (Å²) < 4.78 is 0. The predicted molar refractivity (Wildman–Crippen MR) is 13.8 cm³/mol. The van der Waals surface area contributed by atoms with E-state index in [1.807, 2.05) is 0 Å². The Morgan fingerprint density at radius 3 is 1.00 bits per heavy atom. The van der Waals surface area contributed by atoms with Crippen molar-refractivity contribution >= 4 is 30.9 Å². The number of hydrogen-bond donors (Lipinski definition) is 0. The molecule has 0 rings (SSSR count). The number of rotatable bonds is 0. The van der Waals surface area contributed by atoms with Crippen LogP contribution in [-0.2, 0) is 38.4 Å². The molecule has 0 atom stereocenters. The SMILES string of the molecule is [Al+3].[O-2].[S-2].[Zn+2]. The van der Waals surface area contributed by atoms with Crippen molar-refractivity contribution in [3.63, 3.8) is 0 Å². The van der Waals surface area contributed by atoms with Gasteiger partial charge in [-0.15, -0.1) is 0 Å². The third-order valence-corrected chi connectivity index (χ3v) is 0. The molecule has 4 heavy (non-hydrogen) atoms. The maximum absolute atomic E-state index is 0. The molecule has 0 heterocycles. The van der Waals surface area contributed by atoms with Crippen LogP contribution in [0.15, 0.2) is 0 Å². The second-order valence-electron chi connectivity index (χ2n) is 0. The summed E-state index contributed by atoms with van der Waals surface area (Å²) in [6, 6.07) is 0. The molecule has 16 valence electrons. The van der Waals surface area contributed by atoms with Gasteiger partial charge in [0.05, 0.1) is 0 Å². The molecule has 0 amide bonds. The first-order valence-corrected chi connectivity index (χ1v) is 0. The minimum Gasteiger partial charge on any atom is -2.00 e. The van der Waals surface area contributed by atoms with E-state index >= 15 is 0 Å². The fraction of sp³-hybridized carbons (Fsp3) is 0. The second kappa shape index (κ2) is 25.0. The van der Waals surface area contributed by atoms with E-state index in [4.69, 9.17) is 0 Å². The molecule has 4 heteroatoms. The number of hydrogen-bond acceptors (Lipinski definition) is 0. The third-order valence-electron chi connectivity index (χ3n) is 0. The van der Waals surface area contributed by atoms with Gasteiger partial charge in [-0.2, -0.15) is 0 Å². The Kier molecular flexibility index (Phi) is 317. The van der Waals surface area contributed by atoms with Crippen molar-refractivity contribution in [2.75, 3.05) is 0 Å². The van der Waals surface area contributed by atoms with E-state index in [9.17, 15) is 0 Å². The molecule has 0 radical (unpaired) electrons. The summed E-state index contributed by atoms with van der Waals surface area (Å²) in [5.74, 6) is 0. The Labute approximate surface area is 55.8 Å². The van der Waals surface area contributed by atoms with Gasteiger partial charge >= 0.3 is 36.8 Å². The van der Waals surface area contributed by atoms with Crippen LogP contribution in [0.3, 0.4) is 0 Å². The first-order chi connectivity index (χ1) is 0. The summed E-state index contributed by atoms with van der Waals surface area (Å²) in [6.45, 7) is 0. The zero-order valence-electron chi connectivity index (χ0n) is 2.10. The van der Waals surface area contributed by atoms with Gasteiger partial charge in [0.15, 0.2) is 0 Å². The van der Waals surface area contributed by atoms with Gasteiger partial charge in [0, 0.05) is 0 Å². The molecule has 0 aromatic rings. The molecule has 0 unspecified atom stereocenters. The zero-order chi connectivity index (χ0) is 0. The largest absolute Gasteiger partial charge is 3.00 e. The minimum absolute atomic E-state index is 0. The Bertz CT molecular complexity index is 8.00. The molecular formula is AlOSZn+. The average molecular weight is 140 g/mol. The first kappa shape index (κ1) is 50.7. The monoisotopic (exact) mass is 139 g/mol. The van der Waals surface area contributed by atoms with Crippen LogP contribution in [-0.4, -0.2) is 17.4 Å². The first-order valence-electron chi connectivity index (χ1n) is 0. The van der Waals surface area contributed by atoms with E-state index in [0.717, 1.165) is 0 Å². The van der Waals surface area contributed by atoms with Gasteiger partial charge in [0.25, 0.3) is 0 Å². The molecular weight excluding hydrogens is 140 g/mol. The molecule has 0 aliphatic carbocycles. The molecule has 0 aliphatic heterocycles. The molecule has 0 aromatic carbocycles. The van der Waals surface area contributed by atoms with Crippen molar-refractivity contribution in [3.8, 4) is 0 Å². The van der Waals surface area contributed by atoms with E-state index in [0.29, 0.717) is 0 Å². The van der Waals surface area contributed by atoms with Crippen molar-refractivity contribution in [1.29, 1.82) is 0 Å². The summed E-state index contributed by atoms with van der Waals surface area (Å²) in [5.41, 5.74) is 0. The average Bonchev–Trinajstić information content (AvgIpc) is 0. The molecule has 0 aliphatic rings. The van der Waals surface area contributed by atoms with Gasteiger partial charge in [0.1, 0.15) is 0 Å². The predicted octanol–water partition coefficient (Wildman–Crippen LogP) is -0.504. The fourth-order valence-corrected chi connectivity index (χ4v) is 0. The van der Waals surface area contributed by atoms with Gasteiger partial charge in [0.2, 0.25) is 0 Å². The van der Waals surface area contributed by atoms with Crippen molar-refractivity contribution in [1.82, 2.24) is 0 Å². The Hall–Kier alpha value is 1.47. The van der Waals surface area contributed by atoms with Crippen molar-refractivity contribution in [2.24, 2.45) is 0 Å². The van der Waals surface area contributed by atoms with Gasteiger partial charge < -0.3 is 19.0 Å². The van der Waals surface area contributed by atoms with Crippen molar-refractivity contribution in [2.45, 2.75) is 0 Å². The molecule has 0 N–H and O–H groups in total. The van der Waals surface area contributed by atoms with Gasteiger partial charge in [-0.25, -0.2) is 0 Å². The van der Waals surface area contributed by atoms with Crippen molar-refractivity contribution in [3.05, 3.63) is 0 Å². The topological polar surface area (TPSA) is 28.5 Å². The summed E-state index contributed by atoms with van der Waals surface area (Å²) in [4.78, 5) is 0. The summed E-state index contributed by atoms with van der Waals surface area (Å²) in [7, 11) is 0. The van der Waals surface area contributed by atoms with E-state index in [1.165, 1.54) is 0 Å².